The van der Waals surface area contributed by atoms with Crippen LogP contribution in [0.1, 0.15) is 18.1 Å². The molecular weight excluding hydrogens is 230 g/mol. The Kier molecular flexibility index (Phi) is 3.67. The molecular formula is C14H17NO3. The average molecular weight is 247 g/mol. The third kappa shape index (κ3) is 2.38. The fourth-order valence-corrected chi connectivity index (χ4v) is 2.17. The zero-order valence-corrected chi connectivity index (χ0v) is 10.6. The number of hydrogen-bond donors (Lipinski definition) is 2. The van der Waals surface area contributed by atoms with Crippen LogP contribution in [-0.4, -0.2) is 28.8 Å². The van der Waals surface area contributed by atoms with E-state index in [1.54, 1.807) is 6.92 Å². The summed E-state index contributed by atoms with van der Waals surface area (Å²) in [4.78, 5) is 14.2. The fraction of sp³-hybridized carbons (Fsp3) is 0.357. The highest BCUT2D eigenvalue weighted by molar-refractivity contribution is 5.84. The van der Waals surface area contributed by atoms with Crippen LogP contribution >= 0.6 is 0 Å². The van der Waals surface area contributed by atoms with Gasteiger partial charge in [-0.15, -0.1) is 0 Å². The van der Waals surface area contributed by atoms with E-state index in [2.05, 4.69) is 4.98 Å². The molecule has 0 aliphatic rings. The molecule has 1 aromatic carbocycles. The van der Waals surface area contributed by atoms with Crippen molar-refractivity contribution in [1.29, 1.82) is 0 Å². The number of aromatic nitrogens is 1. The molecule has 0 spiro atoms. The van der Waals surface area contributed by atoms with Crippen LogP contribution in [0.2, 0.25) is 0 Å². The average Bonchev–Trinajstić information content (AvgIpc) is 2.80. The lowest BCUT2D eigenvalue weighted by Gasteiger charge is -2.14. The summed E-state index contributed by atoms with van der Waals surface area (Å²) in [6.07, 6.45) is 1.51. The van der Waals surface area contributed by atoms with E-state index >= 15 is 0 Å². The standard InChI is InChI=1S/C14H17NO3/c1-3-18-13(14(16)17)8-10-4-5-12-11(9(10)2)6-7-15-12/h4-7,13,15H,3,8H2,1-2H3,(H,16,17). The first-order valence-corrected chi connectivity index (χ1v) is 6.03. The number of ether oxygens (including phenoxy) is 1. The molecule has 0 fully saturated rings. The summed E-state index contributed by atoms with van der Waals surface area (Å²) in [5.74, 6) is -0.912. The van der Waals surface area contributed by atoms with E-state index in [0.717, 1.165) is 22.0 Å². The quantitative estimate of drug-likeness (QED) is 0.853. The maximum Gasteiger partial charge on any atom is 0.333 e. The van der Waals surface area contributed by atoms with Crippen LogP contribution < -0.4 is 0 Å². The van der Waals surface area contributed by atoms with Crippen LogP contribution in [0.3, 0.4) is 0 Å². The molecule has 18 heavy (non-hydrogen) atoms. The van der Waals surface area contributed by atoms with Crippen molar-refractivity contribution in [1.82, 2.24) is 4.98 Å². The summed E-state index contributed by atoms with van der Waals surface area (Å²) in [5, 5.41) is 10.2. The molecule has 1 atom stereocenters. The van der Waals surface area contributed by atoms with Gasteiger partial charge in [-0.2, -0.15) is 0 Å². The van der Waals surface area contributed by atoms with E-state index in [4.69, 9.17) is 9.84 Å². The molecule has 4 nitrogen and oxygen atoms in total. The van der Waals surface area contributed by atoms with E-state index in [1.807, 2.05) is 31.3 Å². The van der Waals surface area contributed by atoms with Gasteiger partial charge in [-0.05, 0) is 37.1 Å². The largest absolute Gasteiger partial charge is 0.479 e. The van der Waals surface area contributed by atoms with Crippen molar-refractivity contribution < 1.29 is 14.6 Å². The van der Waals surface area contributed by atoms with Crippen molar-refractivity contribution in [3.8, 4) is 0 Å². The molecule has 0 radical (unpaired) electrons. The minimum atomic E-state index is -0.912. The van der Waals surface area contributed by atoms with E-state index in [9.17, 15) is 4.79 Å². The van der Waals surface area contributed by atoms with Gasteiger partial charge in [0.2, 0.25) is 0 Å². The second-order valence-corrected chi connectivity index (χ2v) is 4.27. The van der Waals surface area contributed by atoms with Crippen molar-refractivity contribution >= 4 is 16.9 Å². The maximum atomic E-state index is 11.1. The Labute approximate surface area is 106 Å². The molecule has 2 N–H and O–H groups in total. The summed E-state index contributed by atoms with van der Waals surface area (Å²) in [5.41, 5.74) is 3.20. The smallest absolute Gasteiger partial charge is 0.333 e. The van der Waals surface area contributed by atoms with Crippen LogP contribution in [0.4, 0.5) is 0 Å². The van der Waals surface area contributed by atoms with Gasteiger partial charge in [0.05, 0.1) is 0 Å². The van der Waals surface area contributed by atoms with Gasteiger partial charge in [0, 0.05) is 30.1 Å². The molecule has 0 saturated carbocycles. The van der Waals surface area contributed by atoms with Gasteiger partial charge >= 0.3 is 5.97 Å². The lowest BCUT2D eigenvalue weighted by molar-refractivity contribution is -0.149. The number of aliphatic carboxylic acids is 1. The predicted octanol–water partition coefficient (Wildman–Crippen LogP) is 2.51. The molecule has 96 valence electrons. The normalized spacial score (nSPS) is 12.8. The number of nitrogens with one attached hydrogen (secondary N) is 1. The number of aromatic amines is 1. The summed E-state index contributed by atoms with van der Waals surface area (Å²) >= 11 is 0. The van der Waals surface area contributed by atoms with Crippen molar-refractivity contribution in [3.05, 3.63) is 35.5 Å². The molecule has 1 heterocycles. The molecule has 1 unspecified atom stereocenters. The van der Waals surface area contributed by atoms with E-state index in [0.29, 0.717) is 13.0 Å². The van der Waals surface area contributed by atoms with Crippen LogP contribution in [0, 0.1) is 6.92 Å². The molecule has 0 bridgehead atoms. The first-order valence-electron chi connectivity index (χ1n) is 6.03. The minimum absolute atomic E-state index is 0.399. The third-order valence-electron chi connectivity index (χ3n) is 3.16. The van der Waals surface area contributed by atoms with Gasteiger partial charge in [-0.25, -0.2) is 4.79 Å². The topological polar surface area (TPSA) is 62.3 Å². The van der Waals surface area contributed by atoms with Gasteiger partial charge in [0.15, 0.2) is 6.10 Å². The number of carbonyl (C=O) groups is 1. The Morgan fingerprint density at radius 1 is 1.44 bits per heavy atom. The summed E-state index contributed by atoms with van der Waals surface area (Å²) < 4.78 is 5.25. The number of fused-ring (bicyclic) bond motifs is 1. The number of rotatable bonds is 5. The number of benzene rings is 1. The highest BCUT2D eigenvalue weighted by Gasteiger charge is 2.19. The molecule has 1 aromatic heterocycles. The lowest BCUT2D eigenvalue weighted by Crippen LogP contribution is -2.26. The van der Waals surface area contributed by atoms with Crippen LogP contribution in [-0.2, 0) is 16.0 Å². The Hall–Kier alpha value is -1.81. The molecule has 0 aliphatic heterocycles. The summed E-state index contributed by atoms with van der Waals surface area (Å²) in [6.45, 7) is 4.22. The van der Waals surface area contributed by atoms with Crippen molar-refractivity contribution in [2.45, 2.75) is 26.4 Å². The van der Waals surface area contributed by atoms with E-state index in [1.165, 1.54) is 0 Å². The van der Waals surface area contributed by atoms with Crippen molar-refractivity contribution in [2.24, 2.45) is 0 Å². The Bertz CT molecular complexity index is 559. The molecule has 2 rings (SSSR count). The summed E-state index contributed by atoms with van der Waals surface area (Å²) in [7, 11) is 0. The van der Waals surface area contributed by atoms with Gasteiger partial charge < -0.3 is 14.8 Å². The third-order valence-corrected chi connectivity index (χ3v) is 3.16. The number of carboxylic acid groups (broad SMARTS) is 1. The molecule has 2 aromatic rings. The predicted molar refractivity (Wildman–Crippen MR) is 69.8 cm³/mol. The van der Waals surface area contributed by atoms with E-state index < -0.39 is 12.1 Å². The first-order chi connectivity index (χ1) is 8.63. The second-order valence-electron chi connectivity index (χ2n) is 4.27. The van der Waals surface area contributed by atoms with Gasteiger partial charge in [-0.3, -0.25) is 0 Å². The first kappa shape index (κ1) is 12.6. The summed E-state index contributed by atoms with van der Waals surface area (Å²) in [6, 6.07) is 5.94. The number of H-pyrrole nitrogens is 1. The molecule has 0 saturated heterocycles. The van der Waals surface area contributed by atoms with Crippen LogP contribution in [0.25, 0.3) is 10.9 Å². The zero-order chi connectivity index (χ0) is 13.1. The van der Waals surface area contributed by atoms with Gasteiger partial charge in [-0.1, -0.05) is 6.07 Å². The monoisotopic (exact) mass is 247 g/mol. The number of carboxylic acids is 1. The molecule has 0 aliphatic carbocycles. The molecule has 4 heteroatoms. The number of hydrogen-bond acceptors (Lipinski definition) is 2. The van der Waals surface area contributed by atoms with Crippen LogP contribution in [0.5, 0.6) is 0 Å². The highest BCUT2D eigenvalue weighted by atomic mass is 16.5. The van der Waals surface area contributed by atoms with Gasteiger partial charge in [0.1, 0.15) is 0 Å². The Morgan fingerprint density at radius 3 is 2.89 bits per heavy atom. The van der Waals surface area contributed by atoms with Gasteiger partial charge in [0.25, 0.3) is 0 Å². The van der Waals surface area contributed by atoms with E-state index in [-0.39, 0.29) is 0 Å². The number of aryl methyl sites for hydroxylation is 1. The van der Waals surface area contributed by atoms with Crippen molar-refractivity contribution in [2.75, 3.05) is 6.61 Å². The second kappa shape index (κ2) is 5.23. The van der Waals surface area contributed by atoms with Crippen molar-refractivity contribution in [3.63, 3.8) is 0 Å². The fourth-order valence-electron chi connectivity index (χ4n) is 2.17. The highest BCUT2D eigenvalue weighted by Crippen LogP contribution is 2.22. The lowest BCUT2D eigenvalue weighted by atomic mass is 9.99. The van der Waals surface area contributed by atoms with Crippen LogP contribution in [0.15, 0.2) is 24.4 Å². The SMILES string of the molecule is CCOC(Cc1ccc2[nH]ccc2c1C)C(=O)O. The molecule has 0 amide bonds. The Balaban J connectivity index is 2.30. The Morgan fingerprint density at radius 2 is 2.22 bits per heavy atom. The maximum absolute atomic E-state index is 11.1. The zero-order valence-electron chi connectivity index (χ0n) is 10.6. The minimum Gasteiger partial charge on any atom is -0.479 e.